The van der Waals surface area contributed by atoms with Gasteiger partial charge in [0.05, 0.1) is 0 Å². The van der Waals surface area contributed by atoms with Gasteiger partial charge >= 0.3 is 64.5 Å². The van der Waals surface area contributed by atoms with E-state index in [4.69, 9.17) is 9.29 Å². The first kappa shape index (κ1) is 7.13. The molecule has 0 amide bonds. The van der Waals surface area contributed by atoms with Gasteiger partial charge in [-0.05, 0) is 0 Å². The van der Waals surface area contributed by atoms with Crippen LogP contribution in [0.5, 0.6) is 0 Å². The molecule has 0 aromatic rings. The van der Waals surface area contributed by atoms with E-state index in [1.165, 1.54) is 32.1 Å². The minimum absolute atomic E-state index is 0.434. The van der Waals surface area contributed by atoms with E-state index in [1.807, 2.05) is 0 Å². The van der Waals surface area contributed by atoms with Crippen molar-refractivity contribution >= 4 is 28.5 Å². The van der Waals surface area contributed by atoms with Gasteiger partial charge in [-0.1, -0.05) is 0 Å². The molecule has 1 fully saturated rings. The van der Waals surface area contributed by atoms with E-state index in [9.17, 15) is 0 Å². The number of rotatable bonds is 1. The SMILES string of the molecule is [S]=[SnH][CH]1CCCCC1. The molecule has 0 saturated heterocycles. The van der Waals surface area contributed by atoms with Crippen molar-refractivity contribution < 1.29 is 0 Å². The molecule has 0 aliphatic heterocycles. The van der Waals surface area contributed by atoms with Gasteiger partial charge in [0.1, 0.15) is 0 Å². The summed E-state index contributed by atoms with van der Waals surface area (Å²) in [6.07, 6.45) is 7.42. The van der Waals surface area contributed by atoms with Crippen LogP contribution in [0.25, 0.3) is 0 Å². The maximum absolute atomic E-state index is 5.16. The second-order valence-electron chi connectivity index (χ2n) is 2.53. The molecule has 8 heavy (non-hydrogen) atoms. The van der Waals surface area contributed by atoms with Crippen LogP contribution in [0.2, 0.25) is 3.93 Å². The van der Waals surface area contributed by atoms with Crippen molar-refractivity contribution in [2.45, 2.75) is 36.0 Å². The average Bonchev–Trinajstić information content (AvgIpc) is 1.90. The van der Waals surface area contributed by atoms with Gasteiger partial charge in [-0.3, -0.25) is 0 Å². The Kier molecular flexibility index (Phi) is 3.51. The van der Waals surface area contributed by atoms with Crippen molar-refractivity contribution in [1.82, 2.24) is 0 Å². The summed E-state index contributed by atoms with van der Waals surface area (Å²) < 4.78 is 1.09. The van der Waals surface area contributed by atoms with E-state index in [2.05, 4.69) is 0 Å². The molecule has 2 heteroatoms. The van der Waals surface area contributed by atoms with Gasteiger partial charge in [-0.25, -0.2) is 0 Å². The fourth-order valence-electron chi connectivity index (χ4n) is 1.27. The van der Waals surface area contributed by atoms with Crippen molar-refractivity contribution in [2.75, 3.05) is 0 Å². The van der Waals surface area contributed by atoms with E-state index in [0.717, 1.165) is 3.93 Å². The molecule has 0 bridgehead atoms. The predicted octanol–water partition coefficient (Wildman–Crippen LogP) is 2.29. The van der Waals surface area contributed by atoms with E-state index >= 15 is 0 Å². The second kappa shape index (κ2) is 3.94. The molecule has 0 spiro atoms. The monoisotopic (exact) mass is 236 g/mol. The van der Waals surface area contributed by atoms with Crippen molar-refractivity contribution in [3.63, 3.8) is 0 Å². The zero-order valence-electron chi connectivity index (χ0n) is 5.10. The van der Waals surface area contributed by atoms with Crippen molar-refractivity contribution in [3.8, 4) is 0 Å². The fraction of sp³-hybridized carbons (Fsp3) is 1.00. The zero-order valence-corrected chi connectivity index (χ0v) is 9.21. The molecule has 0 radical (unpaired) electrons. The molecule has 0 unspecified atom stereocenters. The molecule has 0 aromatic carbocycles. The Morgan fingerprint density at radius 1 is 1.12 bits per heavy atom. The van der Waals surface area contributed by atoms with Gasteiger partial charge in [-0.2, -0.15) is 0 Å². The van der Waals surface area contributed by atoms with Gasteiger partial charge in [0.15, 0.2) is 0 Å². The fourth-order valence-corrected chi connectivity index (χ4v) is 5.22. The molecule has 0 nitrogen and oxygen atoms in total. The van der Waals surface area contributed by atoms with Crippen LogP contribution in [0.1, 0.15) is 32.1 Å². The quantitative estimate of drug-likeness (QED) is 0.628. The Bertz CT molecular complexity index is 76.6. The van der Waals surface area contributed by atoms with Gasteiger partial charge in [-0.15, -0.1) is 0 Å². The van der Waals surface area contributed by atoms with Crippen LogP contribution in [0.4, 0.5) is 0 Å². The van der Waals surface area contributed by atoms with E-state index < -0.39 is 19.2 Å². The summed E-state index contributed by atoms with van der Waals surface area (Å²) in [5.74, 6) is 0. The first-order chi connectivity index (χ1) is 3.93. The van der Waals surface area contributed by atoms with Gasteiger partial charge < -0.3 is 0 Å². The molecule has 0 heterocycles. The molecule has 1 rings (SSSR count). The van der Waals surface area contributed by atoms with Crippen LogP contribution in [0.3, 0.4) is 0 Å². The first-order valence-corrected chi connectivity index (χ1v) is 9.80. The third kappa shape index (κ3) is 2.09. The second-order valence-corrected chi connectivity index (χ2v) is 7.83. The van der Waals surface area contributed by atoms with Crippen LogP contribution >= 0.6 is 9.29 Å². The van der Waals surface area contributed by atoms with Crippen LogP contribution in [0.15, 0.2) is 0 Å². The zero-order chi connectivity index (χ0) is 5.82. The van der Waals surface area contributed by atoms with Gasteiger partial charge in [0.2, 0.25) is 0 Å². The number of hydrogen-bond acceptors (Lipinski definition) is 1. The summed E-state index contributed by atoms with van der Waals surface area (Å²) in [6.45, 7) is 0. The van der Waals surface area contributed by atoms with Crippen molar-refractivity contribution in [2.24, 2.45) is 0 Å². The normalized spacial score (nSPS) is 23.0. The maximum atomic E-state index is 5.16. The molecular weight excluding hydrogens is 223 g/mol. The topological polar surface area (TPSA) is 0 Å². The van der Waals surface area contributed by atoms with Crippen LogP contribution in [-0.2, 0) is 0 Å². The predicted molar refractivity (Wildman–Crippen MR) is 41.6 cm³/mol. The van der Waals surface area contributed by atoms with Crippen molar-refractivity contribution in [1.29, 1.82) is 0 Å². The third-order valence-electron chi connectivity index (χ3n) is 1.84. The van der Waals surface area contributed by atoms with Crippen molar-refractivity contribution in [3.05, 3.63) is 0 Å². The van der Waals surface area contributed by atoms with Crippen LogP contribution in [-0.4, -0.2) is 19.2 Å². The molecular formula is C6H12SSn. The Labute approximate surface area is 64.4 Å². The van der Waals surface area contributed by atoms with Gasteiger partial charge in [0, 0.05) is 0 Å². The van der Waals surface area contributed by atoms with Crippen LogP contribution in [0, 0.1) is 0 Å². The molecule has 1 aliphatic rings. The van der Waals surface area contributed by atoms with E-state index in [-0.39, 0.29) is 0 Å². The van der Waals surface area contributed by atoms with Gasteiger partial charge in [0.25, 0.3) is 0 Å². The summed E-state index contributed by atoms with van der Waals surface area (Å²) in [7, 11) is 5.16. The molecule has 1 saturated carbocycles. The Morgan fingerprint density at radius 2 is 1.75 bits per heavy atom. The summed E-state index contributed by atoms with van der Waals surface area (Å²) in [5, 5.41) is 0. The molecule has 46 valence electrons. The van der Waals surface area contributed by atoms with E-state index in [1.54, 1.807) is 0 Å². The average molecular weight is 235 g/mol. The summed E-state index contributed by atoms with van der Waals surface area (Å²) in [4.78, 5) is 0. The van der Waals surface area contributed by atoms with E-state index in [0.29, 0.717) is 0 Å². The molecule has 1 aliphatic carbocycles. The summed E-state index contributed by atoms with van der Waals surface area (Å²) in [5.41, 5.74) is 0. The standard InChI is InChI=1S/C6H11.S.Sn.H/c1-2-4-6-5-3-1;;;/h1H,2-6H2;;;. The minimum atomic E-state index is -0.434. The third-order valence-corrected chi connectivity index (χ3v) is 7.43. The first-order valence-electron chi connectivity index (χ1n) is 3.39. The Hall–Kier alpha value is 1.02. The number of hydrogen-bond donors (Lipinski definition) is 0. The molecule has 0 aromatic heterocycles. The van der Waals surface area contributed by atoms with Crippen LogP contribution < -0.4 is 0 Å². The molecule has 0 N–H and O–H groups in total. The summed E-state index contributed by atoms with van der Waals surface area (Å²) in [6, 6.07) is 0. The summed E-state index contributed by atoms with van der Waals surface area (Å²) >= 11 is -0.434. The Balaban J connectivity index is 2.22. The Morgan fingerprint density at radius 3 is 2.12 bits per heavy atom. The molecule has 0 atom stereocenters.